The molecule has 0 bridgehead atoms. The Bertz CT molecular complexity index is 771. The highest BCUT2D eigenvalue weighted by Gasteiger charge is 2.18. The van der Waals surface area contributed by atoms with Crippen LogP contribution >= 0.6 is 22.6 Å². The van der Waals surface area contributed by atoms with Crippen LogP contribution < -0.4 is 5.32 Å². The molecule has 0 unspecified atom stereocenters. The van der Waals surface area contributed by atoms with Crippen LogP contribution in [0, 0.1) is 3.70 Å². The molecule has 0 saturated heterocycles. The zero-order chi connectivity index (χ0) is 15.4. The Morgan fingerprint density at radius 1 is 1.05 bits per heavy atom. The van der Waals surface area contributed by atoms with Crippen LogP contribution in [-0.2, 0) is 6.54 Å². The maximum Gasteiger partial charge on any atom is 0.274 e. The van der Waals surface area contributed by atoms with Gasteiger partial charge in [-0.2, -0.15) is 0 Å². The Morgan fingerprint density at radius 2 is 1.68 bits per heavy atom. The van der Waals surface area contributed by atoms with Crippen molar-refractivity contribution in [1.29, 1.82) is 0 Å². The lowest BCUT2D eigenvalue weighted by Gasteiger charge is -2.04. The van der Waals surface area contributed by atoms with Crippen LogP contribution in [0.3, 0.4) is 0 Å². The Balaban J connectivity index is 1.75. The van der Waals surface area contributed by atoms with Crippen LogP contribution in [0.4, 0.5) is 0 Å². The summed E-state index contributed by atoms with van der Waals surface area (Å²) < 4.78 is 2.34. The zero-order valence-corrected chi connectivity index (χ0v) is 13.8. The molecule has 1 amide bonds. The summed E-state index contributed by atoms with van der Waals surface area (Å²) in [7, 11) is 0. The van der Waals surface area contributed by atoms with Crippen LogP contribution in [0.25, 0.3) is 5.69 Å². The second-order valence-electron chi connectivity index (χ2n) is 4.64. The normalized spacial score (nSPS) is 10.4. The van der Waals surface area contributed by atoms with Crippen LogP contribution in [0.5, 0.6) is 0 Å². The van der Waals surface area contributed by atoms with Gasteiger partial charge in [-0.3, -0.25) is 4.79 Å². The number of carbonyl (C=O) groups is 1. The van der Waals surface area contributed by atoms with Crippen LogP contribution in [-0.4, -0.2) is 20.9 Å². The largest absolute Gasteiger partial charge is 0.346 e. The molecule has 6 heteroatoms. The van der Waals surface area contributed by atoms with Crippen molar-refractivity contribution in [2.45, 2.75) is 6.54 Å². The highest BCUT2D eigenvalue weighted by atomic mass is 125. The average Bonchev–Trinajstić information content (AvgIpc) is 2.96. The van der Waals surface area contributed by atoms with Gasteiger partial charge in [-0.1, -0.05) is 53.7 Å². The smallest absolute Gasteiger partial charge is 0.274 e. The van der Waals surface area contributed by atoms with E-state index in [4.69, 9.17) is 0 Å². The lowest BCUT2D eigenvalue weighted by molar-refractivity contribution is 0.0945. The number of aromatic nitrogens is 3. The molecule has 0 radical (unpaired) electrons. The van der Waals surface area contributed by atoms with Gasteiger partial charge in [0.25, 0.3) is 5.91 Å². The van der Waals surface area contributed by atoms with Gasteiger partial charge in [-0.15, -0.1) is 5.10 Å². The highest BCUT2D eigenvalue weighted by Crippen LogP contribution is 2.15. The molecule has 0 fully saturated rings. The van der Waals surface area contributed by atoms with Gasteiger partial charge < -0.3 is 5.32 Å². The molecule has 0 atom stereocenters. The Hall–Kier alpha value is -2.22. The topological polar surface area (TPSA) is 59.8 Å². The second kappa shape index (κ2) is 6.69. The standard InChI is InChI=1S/C16H13IN4O/c17-15-14(16(22)18-11-12-7-3-1-4-8-12)19-20-21(15)13-9-5-2-6-10-13/h1-10H,11H2,(H,18,22)/i17-2. The summed E-state index contributed by atoms with van der Waals surface area (Å²) in [4.78, 5) is 12.3. The van der Waals surface area contributed by atoms with Gasteiger partial charge in [-0.05, 0) is 40.3 Å². The minimum atomic E-state index is -0.226. The molecule has 0 aliphatic rings. The fraction of sp³-hybridized carbons (Fsp3) is 0.0625. The Kier molecular flexibility index (Phi) is 4.47. The number of hydrogen-bond acceptors (Lipinski definition) is 3. The zero-order valence-electron chi connectivity index (χ0n) is 11.6. The molecule has 1 heterocycles. The molecule has 0 aliphatic carbocycles. The van der Waals surface area contributed by atoms with Gasteiger partial charge in [0.1, 0.15) is 3.70 Å². The first-order chi connectivity index (χ1) is 10.8. The lowest BCUT2D eigenvalue weighted by atomic mass is 10.2. The molecule has 0 spiro atoms. The van der Waals surface area contributed by atoms with E-state index in [1.54, 1.807) is 4.68 Å². The van der Waals surface area contributed by atoms with E-state index in [0.717, 1.165) is 11.3 Å². The first kappa shape index (κ1) is 14.7. The molecule has 5 nitrogen and oxygen atoms in total. The van der Waals surface area contributed by atoms with Crippen LogP contribution in [0.2, 0.25) is 0 Å². The molecular formula is C16H13IN4O. The van der Waals surface area contributed by atoms with Gasteiger partial charge in [-0.25, -0.2) is 4.68 Å². The van der Waals surface area contributed by atoms with E-state index in [0.29, 0.717) is 15.9 Å². The third-order valence-electron chi connectivity index (χ3n) is 3.13. The van der Waals surface area contributed by atoms with Crippen molar-refractivity contribution in [3.8, 4) is 5.69 Å². The van der Waals surface area contributed by atoms with Gasteiger partial charge in [0.2, 0.25) is 0 Å². The van der Waals surface area contributed by atoms with Crippen molar-refractivity contribution in [1.82, 2.24) is 20.3 Å². The number of amides is 1. The SMILES string of the molecule is O=C(NCc1ccccc1)c1nnn(-c2ccccc2)c1[125I]. The monoisotopic (exact) mass is 402 g/mol. The predicted molar refractivity (Wildman–Crippen MR) is 91.7 cm³/mol. The van der Waals surface area contributed by atoms with Gasteiger partial charge in [0, 0.05) is 6.54 Å². The van der Waals surface area contributed by atoms with E-state index in [1.165, 1.54) is 0 Å². The molecule has 3 rings (SSSR count). The summed E-state index contributed by atoms with van der Waals surface area (Å²) in [6.45, 7) is 0.466. The number of halogens is 1. The molecule has 110 valence electrons. The van der Waals surface area contributed by atoms with Crippen molar-refractivity contribution < 1.29 is 4.79 Å². The first-order valence-electron chi connectivity index (χ1n) is 6.74. The van der Waals surface area contributed by atoms with E-state index in [1.807, 2.05) is 60.7 Å². The lowest BCUT2D eigenvalue weighted by Crippen LogP contribution is -2.24. The number of rotatable bonds is 4. The minimum absolute atomic E-state index is 0.226. The summed E-state index contributed by atoms with van der Waals surface area (Å²) in [5.41, 5.74) is 2.25. The number of para-hydroxylation sites is 1. The van der Waals surface area contributed by atoms with Crippen molar-refractivity contribution in [3.05, 3.63) is 75.6 Å². The molecule has 3 aromatic rings. The quantitative estimate of drug-likeness (QED) is 0.683. The van der Waals surface area contributed by atoms with Crippen molar-refractivity contribution in [2.75, 3.05) is 0 Å². The molecular weight excluding hydrogens is 389 g/mol. The molecule has 0 saturated carbocycles. The van der Waals surface area contributed by atoms with Gasteiger partial charge in [0.15, 0.2) is 5.69 Å². The summed E-state index contributed by atoms with van der Waals surface area (Å²) in [6, 6.07) is 19.4. The number of nitrogens with one attached hydrogen (secondary N) is 1. The summed E-state index contributed by atoms with van der Waals surface area (Å²) in [5.74, 6) is -0.226. The molecule has 0 aliphatic heterocycles. The van der Waals surface area contributed by atoms with Crippen molar-refractivity contribution >= 4 is 28.5 Å². The summed E-state index contributed by atoms with van der Waals surface area (Å²) >= 11 is 2.09. The minimum Gasteiger partial charge on any atom is -0.346 e. The van der Waals surface area contributed by atoms with E-state index < -0.39 is 0 Å². The number of nitrogens with zero attached hydrogens (tertiary/aromatic N) is 3. The molecule has 2 aromatic carbocycles. The number of hydrogen-bond donors (Lipinski definition) is 1. The number of carbonyl (C=O) groups excluding carboxylic acids is 1. The van der Waals surface area contributed by atoms with Gasteiger partial charge in [0.05, 0.1) is 5.69 Å². The van der Waals surface area contributed by atoms with E-state index in [2.05, 4.69) is 38.2 Å². The highest BCUT2D eigenvalue weighted by molar-refractivity contribution is 14.1. The molecule has 1 aromatic heterocycles. The fourth-order valence-electron chi connectivity index (χ4n) is 2.01. The first-order valence-corrected chi connectivity index (χ1v) is 7.82. The van der Waals surface area contributed by atoms with E-state index in [9.17, 15) is 4.79 Å². The van der Waals surface area contributed by atoms with E-state index >= 15 is 0 Å². The van der Waals surface area contributed by atoms with Crippen molar-refractivity contribution in [3.63, 3.8) is 0 Å². The molecule has 1 N–H and O–H groups in total. The predicted octanol–water partition coefficient (Wildman–Crippen LogP) is 2.80. The third-order valence-corrected chi connectivity index (χ3v) is 4.10. The third kappa shape index (κ3) is 3.16. The number of benzene rings is 2. The van der Waals surface area contributed by atoms with Crippen LogP contribution in [0.15, 0.2) is 60.7 Å². The van der Waals surface area contributed by atoms with Gasteiger partial charge >= 0.3 is 0 Å². The average molecular weight is 402 g/mol. The van der Waals surface area contributed by atoms with Crippen molar-refractivity contribution in [2.24, 2.45) is 0 Å². The maximum atomic E-state index is 12.3. The summed E-state index contributed by atoms with van der Waals surface area (Å²) in [6.07, 6.45) is 0. The van der Waals surface area contributed by atoms with Crippen LogP contribution in [0.1, 0.15) is 16.1 Å². The summed E-state index contributed by atoms with van der Waals surface area (Å²) in [5, 5.41) is 10.9. The molecule has 22 heavy (non-hydrogen) atoms. The Morgan fingerprint density at radius 3 is 2.36 bits per heavy atom. The Labute approximate surface area is 141 Å². The second-order valence-corrected chi connectivity index (χ2v) is 5.67. The van der Waals surface area contributed by atoms with E-state index in [-0.39, 0.29) is 5.91 Å². The fourth-order valence-corrected chi connectivity index (χ4v) is 2.73. The maximum absolute atomic E-state index is 12.3.